The number of piperazine rings is 1. The van der Waals surface area contributed by atoms with Crippen molar-refractivity contribution in [2.24, 2.45) is 0 Å². The van der Waals surface area contributed by atoms with Crippen LogP contribution in [0.5, 0.6) is 11.5 Å². The van der Waals surface area contributed by atoms with Crippen molar-refractivity contribution >= 4 is 34.1 Å². The summed E-state index contributed by atoms with van der Waals surface area (Å²) in [6.45, 7) is 5.12. The van der Waals surface area contributed by atoms with Crippen molar-refractivity contribution in [3.63, 3.8) is 0 Å². The van der Waals surface area contributed by atoms with E-state index in [-0.39, 0.29) is 0 Å². The van der Waals surface area contributed by atoms with Gasteiger partial charge in [-0.05, 0) is 36.8 Å². The Morgan fingerprint density at radius 1 is 0.944 bits per heavy atom. The SMILES string of the molecule is CON1CCN(c2ncc3ncnc(Nc4ccc(Oc5ccn6ncnc6c5)c(C)c4)c3n2)CC1. The highest BCUT2D eigenvalue weighted by Gasteiger charge is 2.20. The number of ether oxygens (including phenoxy) is 1. The van der Waals surface area contributed by atoms with Crippen LogP contribution in [-0.4, -0.2) is 72.9 Å². The fraction of sp³-hybridized carbons (Fsp3) is 0.250. The van der Waals surface area contributed by atoms with Crippen molar-refractivity contribution in [1.29, 1.82) is 0 Å². The van der Waals surface area contributed by atoms with Crippen LogP contribution in [0.3, 0.4) is 0 Å². The minimum absolute atomic E-state index is 0.615. The molecule has 6 rings (SSSR count). The minimum atomic E-state index is 0.615. The summed E-state index contributed by atoms with van der Waals surface area (Å²) < 4.78 is 7.78. The maximum absolute atomic E-state index is 6.09. The molecule has 5 aromatic rings. The molecule has 1 aromatic carbocycles. The van der Waals surface area contributed by atoms with Gasteiger partial charge in [0.2, 0.25) is 5.95 Å². The average Bonchev–Trinajstić information content (AvgIpc) is 3.38. The van der Waals surface area contributed by atoms with Crippen LogP contribution in [0.2, 0.25) is 0 Å². The van der Waals surface area contributed by atoms with Crippen molar-refractivity contribution in [3.8, 4) is 11.5 Å². The van der Waals surface area contributed by atoms with E-state index in [9.17, 15) is 0 Å². The first-order chi connectivity index (χ1) is 17.7. The molecule has 36 heavy (non-hydrogen) atoms. The zero-order chi connectivity index (χ0) is 24.5. The molecular formula is C24H24N10O2. The molecule has 1 N–H and O–H groups in total. The summed E-state index contributed by atoms with van der Waals surface area (Å²) in [5.41, 5.74) is 3.89. The molecule has 0 amide bonds. The van der Waals surface area contributed by atoms with E-state index in [0.717, 1.165) is 48.8 Å². The van der Waals surface area contributed by atoms with E-state index in [1.807, 2.05) is 48.5 Å². The fourth-order valence-corrected chi connectivity index (χ4v) is 4.12. The quantitative estimate of drug-likeness (QED) is 0.383. The standard InChI is InChI=1S/C24H24N10O2/c1-16-11-17(3-4-20(16)36-18-5-6-34-21(12-18)27-15-29-34)30-23-22-19(26-14-28-23)13-25-24(31-22)32-7-9-33(35-2)10-8-32/h3-6,11-15H,7-10H2,1-2H3,(H,26,28,30). The molecule has 0 saturated carbocycles. The van der Waals surface area contributed by atoms with E-state index >= 15 is 0 Å². The zero-order valence-electron chi connectivity index (χ0n) is 19.9. The molecule has 5 heterocycles. The Morgan fingerprint density at radius 3 is 2.67 bits per heavy atom. The lowest BCUT2D eigenvalue weighted by molar-refractivity contribution is -0.133. The van der Waals surface area contributed by atoms with E-state index in [1.54, 1.807) is 17.8 Å². The van der Waals surface area contributed by atoms with Gasteiger partial charge in [-0.2, -0.15) is 10.2 Å². The summed E-state index contributed by atoms with van der Waals surface area (Å²) in [7, 11) is 1.69. The van der Waals surface area contributed by atoms with Crippen LogP contribution >= 0.6 is 0 Å². The Bertz CT molecular complexity index is 1530. The lowest BCUT2D eigenvalue weighted by Gasteiger charge is -2.33. The topological polar surface area (TPSA) is 119 Å². The monoisotopic (exact) mass is 484 g/mol. The minimum Gasteiger partial charge on any atom is -0.457 e. The van der Waals surface area contributed by atoms with Crippen molar-refractivity contribution in [1.82, 2.24) is 39.6 Å². The smallest absolute Gasteiger partial charge is 0.226 e. The number of benzene rings is 1. The second kappa shape index (κ2) is 9.32. The molecule has 1 saturated heterocycles. The van der Waals surface area contributed by atoms with E-state index in [1.165, 1.54) is 12.7 Å². The summed E-state index contributed by atoms with van der Waals surface area (Å²) in [6, 6.07) is 9.57. The van der Waals surface area contributed by atoms with E-state index in [0.29, 0.717) is 28.5 Å². The molecular weight excluding hydrogens is 460 g/mol. The van der Waals surface area contributed by atoms with Crippen molar-refractivity contribution in [2.45, 2.75) is 6.92 Å². The van der Waals surface area contributed by atoms with Gasteiger partial charge in [0.1, 0.15) is 35.2 Å². The third-order valence-electron chi connectivity index (χ3n) is 6.06. The van der Waals surface area contributed by atoms with Crippen molar-refractivity contribution in [2.75, 3.05) is 43.5 Å². The number of rotatable bonds is 6. The van der Waals surface area contributed by atoms with Gasteiger partial charge in [-0.3, -0.25) is 0 Å². The molecule has 4 aromatic heterocycles. The molecule has 1 fully saturated rings. The highest BCUT2D eigenvalue weighted by atomic mass is 16.7. The lowest BCUT2D eigenvalue weighted by Crippen LogP contribution is -2.46. The predicted octanol–water partition coefficient (Wildman–Crippen LogP) is 2.99. The summed E-state index contributed by atoms with van der Waals surface area (Å²) >= 11 is 0. The number of anilines is 3. The van der Waals surface area contributed by atoms with Gasteiger partial charge in [0, 0.05) is 44.1 Å². The molecule has 1 aliphatic rings. The first-order valence-electron chi connectivity index (χ1n) is 11.5. The van der Waals surface area contributed by atoms with Crippen LogP contribution in [-0.2, 0) is 4.84 Å². The maximum atomic E-state index is 6.09. The fourth-order valence-electron chi connectivity index (χ4n) is 4.12. The van der Waals surface area contributed by atoms with Gasteiger partial charge < -0.3 is 19.8 Å². The number of aryl methyl sites for hydroxylation is 1. The van der Waals surface area contributed by atoms with Gasteiger partial charge in [0.25, 0.3) is 0 Å². The highest BCUT2D eigenvalue weighted by molar-refractivity contribution is 5.87. The molecule has 1 aliphatic heterocycles. The number of nitrogens with zero attached hydrogens (tertiary/aromatic N) is 9. The summed E-state index contributed by atoms with van der Waals surface area (Å²) in [4.78, 5) is 29.8. The van der Waals surface area contributed by atoms with Gasteiger partial charge in [0.15, 0.2) is 11.5 Å². The van der Waals surface area contributed by atoms with Crippen molar-refractivity contribution in [3.05, 3.63) is 60.9 Å². The second-order valence-corrected chi connectivity index (χ2v) is 8.36. The summed E-state index contributed by atoms with van der Waals surface area (Å²) in [6.07, 6.45) is 6.57. The number of nitrogens with one attached hydrogen (secondary N) is 1. The molecule has 12 nitrogen and oxygen atoms in total. The van der Waals surface area contributed by atoms with Gasteiger partial charge >= 0.3 is 0 Å². The first kappa shape index (κ1) is 22.1. The molecule has 12 heteroatoms. The third-order valence-corrected chi connectivity index (χ3v) is 6.06. The molecule has 0 bridgehead atoms. The van der Waals surface area contributed by atoms with Gasteiger partial charge in [-0.25, -0.2) is 29.4 Å². The Labute approximate surface area is 206 Å². The van der Waals surface area contributed by atoms with Crippen LogP contribution in [0.4, 0.5) is 17.5 Å². The van der Waals surface area contributed by atoms with E-state index in [4.69, 9.17) is 14.6 Å². The molecule has 0 atom stereocenters. The molecule has 0 radical (unpaired) electrons. The number of hydrogen-bond acceptors (Lipinski definition) is 11. The third kappa shape index (κ3) is 4.34. The van der Waals surface area contributed by atoms with Gasteiger partial charge in [-0.1, -0.05) is 0 Å². The predicted molar refractivity (Wildman–Crippen MR) is 133 cm³/mol. The van der Waals surface area contributed by atoms with Crippen molar-refractivity contribution < 1.29 is 9.57 Å². The number of aromatic nitrogens is 7. The van der Waals surface area contributed by atoms with Crippen LogP contribution in [0, 0.1) is 6.92 Å². The number of pyridine rings is 1. The summed E-state index contributed by atoms with van der Waals surface area (Å²) in [5.74, 6) is 2.71. The molecule has 182 valence electrons. The van der Waals surface area contributed by atoms with Crippen LogP contribution in [0.1, 0.15) is 5.56 Å². The van der Waals surface area contributed by atoms with Crippen LogP contribution in [0.25, 0.3) is 16.7 Å². The average molecular weight is 485 g/mol. The maximum Gasteiger partial charge on any atom is 0.226 e. The van der Waals surface area contributed by atoms with Crippen LogP contribution < -0.4 is 15.0 Å². The molecule has 0 spiro atoms. The normalized spacial score (nSPS) is 14.4. The first-order valence-corrected chi connectivity index (χ1v) is 11.5. The lowest BCUT2D eigenvalue weighted by atomic mass is 10.2. The van der Waals surface area contributed by atoms with E-state index in [2.05, 4.69) is 35.3 Å². The van der Waals surface area contributed by atoms with Gasteiger partial charge in [-0.15, -0.1) is 0 Å². The van der Waals surface area contributed by atoms with Crippen LogP contribution in [0.15, 0.2) is 55.4 Å². The number of hydrogen-bond donors (Lipinski definition) is 1. The Balaban J connectivity index is 1.23. The number of hydroxylamine groups is 2. The Kier molecular flexibility index (Phi) is 5.71. The Hall–Kier alpha value is -4.42. The number of fused-ring (bicyclic) bond motifs is 2. The van der Waals surface area contributed by atoms with E-state index < -0.39 is 0 Å². The summed E-state index contributed by atoms with van der Waals surface area (Å²) in [5, 5.41) is 9.42. The highest BCUT2D eigenvalue weighted by Crippen LogP contribution is 2.30. The van der Waals surface area contributed by atoms with Gasteiger partial charge in [0.05, 0.1) is 13.3 Å². The molecule has 0 aliphatic carbocycles. The molecule has 0 unspecified atom stereocenters. The zero-order valence-corrected chi connectivity index (χ0v) is 19.9. The largest absolute Gasteiger partial charge is 0.457 e. The Morgan fingerprint density at radius 2 is 1.83 bits per heavy atom. The second-order valence-electron chi connectivity index (χ2n) is 8.36.